The molecule has 114 valence electrons. The number of nitrogens with one attached hydrogen (secondary N) is 2. The highest BCUT2D eigenvalue weighted by Crippen LogP contribution is 2.31. The zero-order valence-electron chi connectivity index (χ0n) is 12.1. The summed E-state index contributed by atoms with van der Waals surface area (Å²) in [5, 5.41) is 6.50. The lowest BCUT2D eigenvalue weighted by Gasteiger charge is -2.23. The van der Waals surface area contributed by atoms with Crippen molar-refractivity contribution in [2.75, 3.05) is 6.54 Å². The highest BCUT2D eigenvalue weighted by atomic mass is 19.1. The zero-order valence-corrected chi connectivity index (χ0v) is 12.1. The Morgan fingerprint density at radius 1 is 1.27 bits per heavy atom. The molecule has 5 heteroatoms. The molecule has 1 saturated heterocycles. The van der Waals surface area contributed by atoms with E-state index in [2.05, 4.69) is 10.6 Å². The van der Waals surface area contributed by atoms with E-state index in [1.807, 2.05) is 0 Å². The Morgan fingerprint density at radius 2 is 2.14 bits per heavy atom. The molecule has 1 aromatic heterocycles. The average Bonchev–Trinajstić information content (AvgIpc) is 3.24. The SMILES string of the molecule is O=C(NC1CC2CNC1C2)n1ccc(-c2ccccc2F)c1. The number of amides is 1. The number of fused-ring (bicyclic) bond motifs is 2. The molecule has 1 aromatic carbocycles. The van der Waals surface area contributed by atoms with Crippen LogP contribution in [0.5, 0.6) is 0 Å². The standard InChI is InChI=1S/C17H18FN3O/c18-14-4-2-1-3-13(14)12-5-6-21(10-12)17(22)20-16-8-11-7-15(16)19-9-11/h1-6,10-11,15-16,19H,7-9H2,(H,20,22). The normalized spacial score (nSPS) is 26.3. The van der Waals surface area contributed by atoms with E-state index in [4.69, 9.17) is 0 Å². The number of hydrogen-bond donors (Lipinski definition) is 2. The van der Waals surface area contributed by atoms with Crippen molar-refractivity contribution in [1.82, 2.24) is 15.2 Å². The minimum absolute atomic E-state index is 0.151. The van der Waals surface area contributed by atoms with Gasteiger partial charge in [0.1, 0.15) is 5.82 Å². The second-order valence-corrected chi connectivity index (χ2v) is 6.20. The third-order valence-electron chi connectivity index (χ3n) is 4.75. The molecule has 2 fully saturated rings. The van der Waals surface area contributed by atoms with Crippen molar-refractivity contribution < 1.29 is 9.18 Å². The average molecular weight is 299 g/mol. The molecule has 2 aliphatic rings. The van der Waals surface area contributed by atoms with Gasteiger partial charge in [-0.15, -0.1) is 0 Å². The van der Waals surface area contributed by atoms with Gasteiger partial charge in [0.05, 0.1) is 0 Å². The van der Waals surface area contributed by atoms with E-state index >= 15 is 0 Å². The minimum Gasteiger partial charge on any atom is -0.333 e. The van der Waals surface area contributed by atoms with Crippen LogP contribution in [0.3, 0.4) is 0 Å². The van der Waals surface area contributed by atoms with Crippen LogP contribution >= 0.6 is 0 Å². The Labute approximate surface area is 128 Å². The number of halogens is 1. The first kappa shape index (κ1) is 13.5. The van der Waals surface area contributed by atoms with Crippen LogP contribution in [0.4, 0.5) is 9.18 Å². The number of rotatable bonds is 2. The van der Waals surface area contributed by atoms with Crippen LogP contribution in [0.1, 0.15) is 12.8 Å². The van der Waals surface area contributed by atoms with Crippen molar-refractivity contribution in [2.45, 2.75) is 24.9 Å². The minimum atomic E-state index is -0.280. The fourth-order valence-corrected chi connectivity index (χ4v) is 3.62. The molecule has 1 aliphatic carbocycles. The predicted molar refractivity (Wildman–Crippen MR) is 82.1 cm³/mol. The largest absolute Gasteiger partial charge is 0.333 e. The molecule has 2 N–H and O–H groups in total. The summed E-state index contributed by atoms with van der Waals surface area (Å²) >= 11 is 0. The van der Waals surface area contributed by atoms with E-state index in [0.29, 0.717) is 23.1 Å². The summed E-state index contributed by atoms with van der Waals surface area (Å²) in [6.07, 6.45) is 5.55. The van der Waals surface area contributed by atoms with Gasteiger partial charge in [-0.2, -0.15) is 0 Å². The molecule has 0 radical (unpaired) electrons. The lowest BCUT2D eigenvalue weighted by molar-refractivity contribution is 0.234. The number of nitrogens with zero attached hydrogens (tertiary/aromatic N) is 1. The Morgan fingerprint density at radius 3 is 2.86 bits per heavy atom. The maximum absolute atomic E-state index is 13.8. The first-order valence-electron chi connectivity index (χ1n) is 7.68. The summed E-state index contributed by atoms with van der Waals surface area (Å²) in [5.74, 6) is 0.409. The molecule has 2 heterocycles. The van der Waals surface area contributed by atoms with E-state index in [1.165, 1.54) is 10.6 Å². The molecule has 0 spiro atoms. The fraction of sp³-hybridized carbons (Fsp3) is 0.353. The van der Waals surface area contributed by atoms with Crippen molar-refractivity contribution in [1.29, 1.82) is 0 Å². The smallest absolute Gasteiger partial charge is 0.325 e. The molecule has 1 aliphatic heterocycles. The highest BCUT2D eigenvalue weighted by Gasteiger charge is 2.40. The lowest BCUT2D eigenvalue weighted by atomic mass is 10.1. The molecule has 3 atom stereocenters. The van der Waals surface area contributed by atoms with Gasteiger partial charge in [-0.3, -0.25) is 4.57 Å². The van der Waals surface area contributed by atoms with Crippen LogP contribution in [0.25, 0.3) is 11.1 Å². The molecule has 2 aromatic rings. The van der Waals surface area contributed by atoms with Gasteiger partial charge in [0.15, 0.2) is 0 Å². The molecule has 4 nitrogen and oxygen atoms in total. The van der Waals surface area contributed by atoms with Gasteiger partial charge in [0.2, 0.25) is 0 Å². The first-order chi connectivity index (χ1) is 10.7. The van der Waals surface area contributed by atoms with E-state index < -0.39 is 0 Å². The van der Waals surface area contributed by atoms with Crippen molar-refractivity contribution in [3.05, 3.63) is 48.5 Å². The lowest BCUT2D eigenvalue weighted by Crippen LogP contribution is -2.48. The van der Waals surface area contributed by atoms with Crippen molar-refractivity contribution >= 4 is 6.03 Å². The van der Waals surface area contributed by atoms with E-state index in [9.17, 15) is 9.18 Å². The number of piperidine rings is 1. The van der Waals surface area contributed by atoms with Crippen molar-refractivity contribution in [2.24, 2.45) is 5.92 Å². The summed E-state index contributed by atoms with van der Waals surface area (Å²) < 4.78 is 15.3. The van der Waals surface area contributed by atoms with E-state index in [0.717, 1.165) is 19.4 Å². The summed E-state index contributed by atoms with van der Waals surface area (Å²) in [6.45, 7) is 1.07. The third kappa shape index (κ3) is 2.31. The van der Waals surface area contributed by atoms with Crippen LogP contribution in [0.15, 0.2) is 42.7 Å². The summed E-state index contributed by atoms with van der Waals surface area (Å²) in [4.78, 5) is 12.3. The van der Waals surface area contributed by atoms with Gasteiger partial charge in [-0.05, 0) is 37.4 Å². The maximum Gasteiger partial charge on any atom is 0.325 e. The van der Waals surface area contributed by atoms with Gasteiger partial charge in [0.25, 0.3) is 0 Å². The Balaban J connectivity index is 1.49. The molecule has 22 heavy (non-hydrogen) atoms. The fourth-order valence-electron chi connectivity index (χ4n) is 3.62. The van der Waals surface area contributed by atoms with Gasteiger partial charge < -0.3 is 10.6 Å². The summed E-state index contributed by atoms with van der Waals surface area (Å²) in [7, 11) is 0. The molecule has 3 unspecified atom stereocenters. The van der Waals surface area contributed by atoms with Gasteiger partial charge in [-0.1, -0.05) is 18.2 Å². The number of carbonyl (C=O) groups is 1. The number of carbonyl (C=O) groups excluding carboxylic acids is 1. The van der Waals surface area contributed by atoms with Gasteiger partial charge in [0, 0.05) is 35.6 Å². The Hall–Kier alpha value is -2.14. The Bertz CT molecular complexity index is 711. The summed E-state index contributed by atoms with van der Waals surface area (Å²) in [5.41, 5.74) is 1.22. The third-order valence-corrected chi connectivity index (χ3v) is 4.75. The van der Waals surface area contributed by atoms with Crippen LogP contribution in [-0.4, -0.2) is 29.2 Å². The van der Waals surface area contributed by atoms with E-state index in [-0.39, 0.29) is 17.9 Å². The highest BCUT2D eigenvalue weighted by molar-refractivity contribution is 5.79. The van der Waals surface area contributed by atoms with Crippen molar-refractivity contribution in [3.8, 4) is 11.1 Å². The summed E-state index contributed by atoms with van der Waals surface area (Å²) in [6, 6.07) is 8.79. The Kier molecular flexibility index (Phi) is 3.22. The molecular formula is C17H18FN3O. The van der Waals surface area contributed by atoms with Gasteiger partial charge in [-0.25, -0.2) is 9.18 Å². The van der Waals surface area contributed by atoms with Gasteiger partial charge >= 0.3 is 6.03 Å². The van der Waals surface area contributed by atoms with Crippen LogP contribution in [0, 0.1) is 11.7 Å². The topological polar surface area (TPSA) is 46.1 Å². The number of benzene rings is 1. The maximum atomic E-state index is 13.8. The molecular weight excluding hydrogens is 281 g/mol. The zero-order chi connectivity index (χ0) is 15.1. The van der Waals surface area contributed by atoms with Crippen LogP contribution < -0.4 is 10.6 Å². The number of aromatic nitrogens is 1. The molecule has 4 rings (SSSR count). The van der Waals surface area contributed by atoms with Crippen LogP contribution in [0.2, 0.25) is 0 Å². The first-order valence-corrected chi connectivity index (χ1v) is 7.68. The van der Waals surface area contributed by atoms with E-state index in [1.54, 1.807) is 36.7 Å². The second-order valence-electron chi connectivity index (χ2n) is 6.20. The molecule has 1 amide bonds. The van der Waals surface area contributed by atoms with Crippen molar-refractivity contribution in [3.63, 3.8) is 0 Å². The quantitative estimate of drug-likeness (QED) is 0.895. The monoisotopic (exact) mass is 299 g/mol. The molecule has 1 saturated carbocycles. The van der Waals surface area contributed by atoms with Crippen LogP contribution in [-0.2, 0) is 0 Å². The second kappa shape index (κ2) is 5.25. The number of hydrogen-bond acceptors (Lipinski definition) is 2. The molecule has 2 bridgehead atoms. The predicted octanol–water partition coefficient (Wildman–Crippen LogP) is 2.60.